The van der Waals surface area contributed by atoms with E-state index >= 15 is 0 Å². The molecule has 1 aliphatic heterocycles. The average molecular weight is 426 g/mol. The summed E-state index contributed by atoms with van der Waals surface area (Å²) in [4.78, 5) is 32.2. The first-order chi connectivity index (χ1) is 13.0. The molecule has 2 aromatic rings. The van der Waals surface area contributed by atoms with Crippen LogP contribution in [-0.2, 0) is 9.59 Å². The molecule has 4 rings (SSSR count). The number of hydrogen-bond donors (Lipinski definition) is 1. The summed E-state index contributed by atoms with van der Waals surface area (Å²) in [5, 5.41) is 2.90. The van der Waals surface area contributed by atoms with Gasteiger partial charge in [0, 0.05) is 10.2 Å². The van der Waals surface area contributed by atoms with E-state index in [4.69, 9.17) is 4.99 Å². The van der Waals surface area contributed by atoms with Crippen LogP contribution in [0, 0.1) is 12.8 Å². The Morgan fingerprint density at radius 1 is 1.30 bits per heavy atom. The van der Waals surface area contributed by atoms with Gasteiger partial charge in [-0.15, -0.1) is 0 Å². The molecule has 0 saturated heterocycles. The van der Waals surface area contributed by atoms with E-state index in [1.54, 1.807) is 4.90 Å². The van der Waals surface area contributed by atoms with Crippen molar-refractivity contribution in [1.82, 2.24) is 0 Å². The SMILES string of the molecule is Cc1ccc(NC(=O)CN2C(=O)[C@H]3CCCC3=Nc3ccccc32)c(Br)c1. The highest BCUT2D eigenvalue weighted by molar-refractivity contribution is 9.10. The van der Waals surface area contributed by atoms with Crippen molar-refractivity contribution in [2.75, 3.05) is 16.8 Å². The molecule has 1 saturated carbocycles. The molecule has 138 valence electrons. The van der Waals surface area contributed by atoms with Crippen LogP contribution in [0.5, 0.6) is 0 Å². The number of nitrogens with zero attached hydrogens (tertiary/aromatic N) is 2. The molecule has 0 spiro atoms. The van der Waals surface area contributed by atoms with Gasteiger partial charge < -0.3 is 10.2 Å². The van der Waals surface area contributed by atoms with E-state index in [9.17, 15) is 9.59 Å². The second-order valence-corrected chi connectivity index (χ2v) is 7.85. The Morgan fingerprint density at radius 3 is 2.93 bits per heavy atom. The van der Waals surface area contributed by atoms with Gasteiger partial charge in [-0.1, -0.05) is 18.2 Å². The number of aliphatic imine (C=N–C) groups is 1. The Balaban J connectivity index is 1.61. The van der Waals surface area contributed by atoms with E-state index in [1.165, 1.54) is 0 Å². The molecule has 1 fully saturated rings. The second kappa shape index (κ2) is 7.27. The number of hydrogen-bond acceptors (Lipinski definition) is 3. The largest absolute Gasteiger partial charge is 0.324 e. The number of carbonyl (C=O) groups excluding carboxylic acids is 2. The molecule has 2 amide bonds. The highest BCUT2D eigenvalue weighted by Gasteiger charge is 2.37. The smallest absolute Gasteiger partial charge is 0.244 e. The maximum atomic E-state index is 13.1. The highest BCUT2D eigenvalue weighted by atomic mass is 79.9. The first-order valence-electron chi connectivity index (χ1n) is 9.07. The summed E-state index contributed by atoms with van der Waals surface area (Å²) in [6.45, 7) is 1.96. The van der Waals surface area contributed by atoms with Crippen LogP contribution in [0.3, 0.4) is 0 Å². The lowest BCUT2D eigenvalue weighted by Gasteiger charge is -2.24. The predicted molar refractivity (Wildman–Crippen MR) is 111 cm³/mol. The molecular formula is C21H20BrN3O2. The van der Waals surface area contributed by atoms with Crippen LogP contribution in [-0.4, -0.2) is 24.1 Å². The number of amides is 2. The molecule has 5 nitrogen and oxygen atoms in total. The molecule has 2 aromatic carbocycles. The van der Waals surface area contributed by atoms with Crippen molar-refractivity contribution >= 4 is 50.5 Å². The number of halogens is 1. The van der Waals surface area contributed by atoms with Crippen molar-refractivity contribution < 1.29 is 9.59 Å². The van der Waals surface area contributed by atoms with Crippen molar-refractivity contribution in [2.45, 2.75) is 26.2 Å². The van der Waals surface area contributed by atoms with Crippen molar-refractivity contribution in [2.24, 2.45) is 10.9 Å². The Kier molecular flexibility index (Phi) is 4.83. The minimum absolute atomic E-state index is 0.0323. The van der Waals surface area contributed by atoms with Crippen LogP contribution in [0.1, 0.15) is 24.8 Å². The standard InChI is InChI=1S/C21H20BrN3O2/c1-13-9-10-17(15(22)11-13)24-20(26)12-25-19-8-3-2-6-18(19)23-16-7-4-5-14(16)21(25)27/h2-3,6,8-11,14H,4-5,7,12H2,1H3,(H,24,26)/t14-/m0/s1. The van der Waals surface area contributed by atoms with Crippen LogP contribution in [0.25, 0.3) is 0 Å². The molecule has 27 heavy (non-hydrogen) atoms. The van der Waals surface area contributed by atoms with Gasteiger partial charge in [0.15, 0.2) is 0 Å². The molecule has 2 aliphatic rings. The molecule has 1 atom stereocenters. The average Bonchev–Trinajstić information content (AvgIpc) is 3.06. The summed E-state index contributed by atoms with van der Waals surface area (Å²) >= 11 is 3.47. The van der Waals surface area contributed by atoms with Crippen molar-refractivity contribution in [3.8, 4) is 0 Å². The minimum atomic E-state index is -0.232. The van der Waals surface area contributed by atoms with E-state index in [0.29, 0.717) is 11.4 Å². The van der Waals surface area contributed by atoms with E-state index in [1.807, 2.05) is 49.4 Å². The number of rotatable bonds is 3. The Hall–Kier alpha value is -2.47. The van der Waals surface area contributed by atoms with Gasteiger partial charge in [-0.25, -0.2) is 0 Å². The lowest BCUT2D eigenvalue weighted by molar-refractivity contribution is -0.122. The summed E-state index contributed by atoms with van der Waals surface area (Å²) in [6, 6.07) is 13.3. The zero-order valence-corrected chi connectivity index (χ0v) is 16.6. The van der Waals surface area contributed by atoms with Crippen LogP contribution in [0.15, 0.2) is 51.9 Å². The van der Waals surface area contributed by atoms with Gasteiger partial charge in [0.05, 0.1) is 23.0 Å². The highest BCUT2D eigenvalue weighted by Crippen LogP contribution is 2.37. The number of fused-ring (bicyclic) bond motifs is 2. The number of benzene rings is 2. The molecule has 6 heteroatoms. The predicted octanol–water partition coefficient (Wildman–Crippen LogP) is 4.62. The zero-order valence-electron chi connectivity index (χ0n) is 15.0. The van der Waals surface area contributed by atoms with E-state index in [2.05, 4.69) is 21.2 Å². The van der Waals surface area contributed by atoms with Gasteiger partial charge in [-0.2, -0.15) is 0 Å². The lowest BCUT2D eigenvalue weighted by Crippen LogP contribution is -2.41. The summed E-state index contributed by atoms with van der Waals surface area (Å²) in [6.07, 6.45) is 2.61. The third-order valence-electron chi connectivity index (χ3n) is 5.03. The van der Waals surface area contributed by atoms with Crippen LogP contribution in [0.2, 0.25) is 0 Å². The van der Waals surface area contributed by atoms with Crippen molar-refractivity contribution in [3.63, 3.8) is 0 Å². The van der Waals surface area contributed by atoms with E-state index < -0.39 is 0 Å². The first-order valence-corrected chi connectivity index (χ1v) is 9.86. The van der Waals surface area contributed by atoms with Crippen LogP contribution in [0.4, 0.5) is 17.1 Å². The molecular weight excluding hydrogens is 406 g/mol. The van der Waals surface area contributed by atoms with Crippen molar-refractivity contribution in [3.05, 3.63) is 52.5 Å². The monoisotopic (exact) mass is 425 g/mol. The molecule has 0 bridgehead atoms. The fraction of sp³-hybridized carbons (Fsp3) is 0.286. The normalized spacial score (nSPS) is 18.4. The van der Waals surface area contributed by atoms with Crippen LogP contribution >= 0.6 is 15.9 Å². The summed E-state index contributed by atoms with van der Waals surface area (Å²) in [7, 11) is 0. The minimum Gasteiger partial charge on any atom is -0.324 e. The van der Waals surface area contributed by atoms with Gasteiger partial charge >= 0.3 is 0 Å². The van der Waals surface area contributed by atoms with Gasteiger partial charge in [0.2, 0.25) is 11.8 Å². The Morgan fingerprint density at radius 2 is 2.11 bits per heavy atom. The molecule has 1 heterocycles. The van der Waals surface area contributed by atoms with E-state index in [-0.39, 0.29) is 24.3 Å². The van der Waals surface area contributed by atoms with Crippen molar-refractivity contribution in [1.29, 1.82) is 0 Å². The maximum Gasteiger partial charge on any atom is 0.244 e. The number of carbonyl (C=O) groups is 2. The maximum absolute atomic E-state index is 13.1. The molecule has 0 aromatic heterocycles. The summed E-state index contributed by atoms with van der Waals surface area (Å²) < 4.78 is 0.819. The number of para-hydroxylation sites is 2. The van der Waals surface area contributed by atoms with Gasteiger partial charge in [-0.05, 0) is 71.9 Å². The zero-order chi connectivity index (χ0) is 19.0. The first kappa shape index (κ1) is 17.9. The van der Waals surface area contributed by atoms with Gasteiger partial charge in [0.1, 0.15) is 6.54 Å². The Bertz CT molecular complexity index is 954. The van der Waals surface area contributed by atoms with Gasteiger partial charge in [-0.3, -0.25) is 14.6 Å². The Labute approximate surface area is 166 Å². The molecule has 0 radical (unpaired) electrons. The summed E-state index contributed by atoms with van der Waals surface area (Å²) in [5.74, 6) is -0.477. The molecule has 1 aliphatic carbocycles. The fourth-order valence-corrected chi connectivity index (χ4v) is 4.29. The molecule has 1 N–H and O–H groups in total. The second-order valence-electron chi connectivity index (χ2n) is 6.99. The third kappa shape index (κ3) is 3.54. The number of anilines is 2. The number of aryl methyl sites for hydroxylation is 1. The van der Waals surface area contributed by atoms with Gasteiger partial charge in [0.25, 0.3) is 0 Å². The lowest BCUT2D eigenvalue weighted by atomic mass is 10.1. The fourth-order valence-electron chi connectivity index (χ4n) is 3.69. The molecule has 0 unspecified atom stereocenters. The third-order valence-corrected chi connectivity index (χ3v) is 5.69. The van der Waals surface area contributed by atoms with E-state index in [0.717, 1.165) is 40.7 Å². The van der Waals surface area contributed by atoms with Crippen LogP contribution < -0.4 is 10.2 Å². The number of nitrogens with one attached hydrogen (secondary N) is 1. The summed E-state index contributed by atoms with van der Waals surface area (Å²) in [5.41, 5.74) is 4.19. The quantitative estimate of drug-likeness (QED) is 0.779. The topological polar surface area (TPSA) is 61.8 Å².